The Hall–Kier alpha value is -6.90. The van der Waals surface area contributed by atoms with Crippen molar-refractivity contribution in [1.29, 1.82) is 0 Å². The lowest BCUT2D eigenvalue weighted by Gasteiger charge is -2.28. The predicted molar refractivity (Wildman–Crippen MR) is 220 cm³/mol. The van der Waals surface area contributed by atoms with Crippen LogP contribution < -0.4 is 4.90 Å². The minimum Gasteiger partial charge on any atom is -0.455 e. The molecule has 0 aliphatic heterocycles. The fourth-order valence-electron chi connectivity index (χ4n) is 7.75. The first-order valence-electron chi connectivity index (χ1n) is 17.8. The lowest BCUT2D eigenvalue weighted by atomic mass is 9.98. The van der Waals surface area contributed by atoms with Gasteiger partial charge in [-0.25, -0.2) is 0 Å². The van der Waals surface area contributed by atoms with Crippen LogP contribution >= 0.6 is 0 Å². The minimum absolute atomic E-state index is 0.917. The molecule has 0 bridgehead atoms. The molecule has 9 aromatic carbocycles. The van der Waals surface area contributed by atoms with E-state index >= 15 is 0 Å². The monoisotopic (exact) mass is 663 g/mol. The molecule has 1 heterocycles. The first-order chi connectivity index (χ1) is 25.8. The Kier molecular flexibility index (Phi) is 7.18. The van der Waals surface area contributed by atoms with Gasteiger partial charge in [0.25, 0.3) is 0 Å². The van der Waals surface area contributed by atoms with Crippen LogP contribution in [0.1, 0.15) is 0 Å². The molecule has 0 N–H and O–H groups in total. The van der Waals surface area contributed by atoms with Crippen molar-refractivity contribution in [2.24, 2.45) is 0 Å². The summed E-state index contributed by atoms with van der Waals surface area (Å²) in [5.74, 6) is 0. The quantitative estimate of drug-likeness (QED) is 0.176. The van der Waals surface area contributed by atoms with Crippen molar-refractivity contribution in [1.82, 2.24) is 0 Å². The van der Waals surface area contributed by atoms with Gasteiger partial charge in [-0.2, -0.15) is 0 Å². The van der Waals surface area contributed by atoms with Crippen LogP contribution in [0.5, 0.6) is 0 Å². The van der Waals surface area contributed by atoms with E-state index in [9.17, 15) is 0 Å². The number of nitrogens with zero attached hydrogens (tertiary/aromatic N) is 1. The van der Waals surface area contributed by atoms with Gasteiger partial charge in [-0.05, 0) is 57.3 Å². The van der Waals surface area contributed by atoms with E-state index in [1.807, 2.05) is 6.07 Å². The maximum Gasteiger partial charge on any atom is 0.143 e. The highest BCUT2D eigenvalue weighted by molar-refractivity contribution is 6.13. The number of rotatable bonds is 6. The van der Waals surface area contributed by atoms with Crippen molar-refractivity contribution in [2.75, 3.05) is 4.90 Å². The molecule has 0 spiro atoms. The second kappa shape index (κ2) is 12.5. The van der Waals surface area contributed by atoms with E-state index < -0.39 is 0 Å². The van der Waals surface area contributed by atoms with E-state index in [0.29, 0.717) is 0 Å². The lowest BCUT2D eigenvalue weighted by molar-refractivity contribution is 0.671. The summed E-state index contributed by atoms with van der Waals surface area (Å²) in [5.41, 5.74) is 12.1. The smallest absolute Gasteiger partial charge is 0.143 e. The average molecular weight is 664 g/mol. The normalized spacial score (nSPS) is 11.5. The number of fused-ring (bicyclic) bond motifs is 5. The van der Waals surface area contributed by atoms with Crippen molar-refractivity contribution in [3.63, 3.8) is 0 Å². The van der Waals surface area contributed by atoms with Crippen LogP contribution in [-0.4, -0.2) is 0 Å². The van der Waals surface area contributed by atoms with E-state index in [-0.39, 0.29) is 0 Å². The second-order valence-corrected chi connectivity index (χ2v) is 13.3. The third-order valence-electron chi connectivity index (χ3n) is 10.3. The molecule has 52 heavy (non-hydrogen) atoms. The van der Waals surface area contributed by atoms with E-state index in [0.717, 1.165) is 61.3 Å². The molecule has 0 fully saturated rings. The van der Waals surface area contributed by atoms with Crippen LogP contribution in [0, 0.1) is 0 Å². The third-order valence-corrected chi connectivity index (χ3v) is 10.3. The summed E-state index contributed by atoms with van der Waals surface area (Å²) in [6.45, 7) is 0. The van der Waals surface area contributed by atoms with Gasteiger partial charge in [0.2, 0.25) is 0 Å². The summed E-state index contributed by atoms with van der Waals surface area (Å²) in [6.07, 6.45) is 0. The Balaban J connectivity index is 1.03. The number of anilines is 3. The second-order valence-electron chi connectivity index (χ2n) is 13.3. The summed E-state index contributed by atoms with van der Waals surface area (Å²) < 4.78 is 6.70. The maximum atomic E-state index is 6.70. The Morgan fingerprint density at radius 1 is 0.288 bits per heavy atom. The summed E-state index contributed by atoms with van der Waals surface area (Å²) in [4.78, 5) is 2.40. The molecule has 244 valence electrons. The highest BCUT2D eigenvalue weighted by Gasteiger charge is 2.18. The van der Waals surface area contributed by atoms with E-state index in [1.54, 1.807) is 0 Å². The van der Waals surface area contributed by atoms with E-state index in [1.165, 1.54) is 32.7 Å². The zero-order valence-electron chi connectivity index (χ0n) is 28.4. The van der Waals surface area contributed by atoms with Gasteiger partial charge in [0.1, 0.15) is 11.2 Å². The Morgan fingerprint density at radius 2 is 0.692 bits per heavy atom. The van der Waals surface area contributed by atoms with E-state index in [4.69, 9.17) is 4.42 Å². The molecule has 2 nitrogen and oxygen atoms in total. The lowest BCUT2D eigenvalue weighted by Crippen LogP contribution is -2.11. The number of hydrogen-bond acceptors (Lipinski definition) is 2. The van der Waals surface area contributed by atoms with Crippen LogP contribution in [0.25, 0.3) is 76.9 Å². The van der Waals surface area contributed by atoms with Crippen LogP contribution in [0.2, 0.25) is 0 Å². The molecule has 0 atom stereocenters. The molecule has 2 heteroatoms. The van der Waals surface area contributed by atoms with Crippen molar-refractivity contribution >= 4 is 60.5 Å². The number of para-hydroxylation sites is 2. The molecular formula is C50H33NO. The molecular weight excluding hydrogens is 631 g/mol. The average Bonchev–Trinajstić information content (AvgIpc) is 3.61. The summed E-state index contributed by atoms with van der Waals surface area (Å²) in [6, 6.07) is 71.5. The van der Waals surface area contributed by atoms with Gasteiger partial charge >= 0.3 is 0 Å². The Labute approximate surface area is 302 Å². The molecule has 0 aliphatic rings. The minimum atomic E-state index is 0.917. The molecule has 0 amide bonds. The van der Waals surface area contributed by atoms with Crippen molar-refractivity contribution < 1.29 is 4.42 Å². The largest absolute Gasteiger partial charge is 0.455 e. The van der Waals surface area contributed by atoms with Crippen LogP contribution in [0.15, 0.2) is 205 Å². The molecule has 0 saturated carbocycles. The molecule has 10 rings (SSSR count). The van der Waals surface area contributed by atoms with Crippen molar-refractivity contribution in [2.45, 2.75) is 0 Å². The number of benzene rings is 9. The van der Waals surface area contributed by atoms with Gasteiger partial charge in [-0.15, -0.1) is 0 Å². The first-order valence-corrected chi connectivity index (χ1v) is 17.8. The summed E-state index contributed by atoms with van der Waals surface area (Å²) >= 11 is 0. The fraction of sp³-hybridized carbons (Fsp3) is 0. The summed E-state index contributed by atoms with van der Waals surface area (Å²) in [7, 11) is 0. The summed E-state index contributed by atoms with van der Waals surface area (Å²) in [5, 5.41) is 7.14. The number of furan rings is 1. The maximum absolute atomic E-state index is 6.70. The zero-order valence-corrected chi connectivity index (χ0v) is 28.4. The molecule has 0 aliphatic carbocycles. The van der Waals surface area contributed by atoms with Crippen LogP contribution in [-0.2, 0) is 0 Å². The van der Waals surface area contributed by atoms with Gasteiger partial charge < -0.3 is 9.32 Å². The highest BCUT2D eigenvalue weighted by atomic mass is 16.3. The molecule has 1 aromatic heterocycles. The van der Waals surface area contributed by atoms with Gasteiger partial charge in [0, 0.05) is 38.4 Å². The zero-order chi connectivity index (χ0) is 34.4. The molecule has 10 aromatic rings. The Bertz CT molecular complexity index is 2800. The van der Waals surface area contributed by atoms with Gasteiger partial charge in [0.15, 0.2) is 0 Å². The van der Waals surface area contributed by atoms with Crippen molar-refractivity contribution in [3.8, 4) is 33.4 Å². The fourth-order valence-corrected chi connectivity index (χ4v) is 7.75. The van der Waals surface area contributed by atoms with E-state index in [2.05, 4.69) is 199 Å². The third kappa shape index (κ3) is 5.04. The van der Waals surface area contributed by atoms with Gasteiger partial charge in [-0.1, -0.05) is 176 Å². The molecule has 0 unspecified atom stereocenters. The number of hydrogen-bond donors (Lipinski definition) is 0. The Morgan fingerprint density at radius 3 is 1.25 bits per heavy atom. The van der Waals surface area contributed by atoms with Gasteiger partial charge in [0.05, 0.1) is 11.4 Å². The topological polar surface area (TPSA) is 16.4 Å². The standard InChI is InChI=1S/C50H33NO/c1-2-12-38(13-3-1)43-20-10-22-45-46-23-11-21-44(50(46)52-49(43)45)39-28-26-34(27-29-39)35-30-32-40(33-31-35)51(47-24-8-16-36-14-4-6-18-41(36)47)48-25-9-17-37-15-5-7-19-42(37)48/h1-33H. The van der Waals surface area contributed by atoms with Crippen LogP contribution in [0.4, 0.5) is 17.1 Å². The van der Waals surface area contributed by atoms with Crippen molar-refractivity contribution in [3.05, 3.63) is 200 Å². The molecule has 0 saturated heterocycles. The predicted octanol–water partition coefficient (Wildman–Crippen LogP) is 14.4. The van der Waals surface area contributed by atoms with Crippen LogP contribution in [0.3, 0.4) is 0 Å². The highest BCUT2D eigenvalue weighted by Crippen LogP contribution is 2.43. The molecule has 0 radical (unpaired) electrons. The SMILES string of the molecule is c1ccc(-c2cccc3c2oc2c(-c4ccc(-c5ccc(N(c6cccc7ccccc67)c6cccc7ccccc67)cc5)cc4)cccc23)cc1. The first kappa shape index (κ1) is 30.0. The van der Waals surface area contributed by atoms with Gasteiger partial charge in [-0.3, -0.25) is 0 Å².